The van der Waals surface area contributed by atoms with Gasteiger partial charge < -0.3 is 18.9 Å². The van der Waals surface area contributed by atoms with Crippen LogP contribution in [0.2, 0.25) is 0 Å². The van der Waals surface area contributed by atoms with Crippen LogP contribution in [-0.2, 0) is 9.47 Å². The van der Waals surface area contributed by atoms with E-state index >= 15 is 0 Å². The normalized spacial score (nSPS) is 21.2. The summed E-state index contributed by atoms with van der Waals surface area (Å²) in [4.78, 5) is 14.3. The van der Waals surface area contributed by atoms with Crippen LogP contribution >= 0.6 is 0 Å². The third-order valence-electron chi connectivity index (χ3n) is 5.69. The van der Waals surface area contributed by atoms with E-state index in [0.717, 1.165) is 39.1 Å². The Hall–Kier alpha value is -1.33. The number of rotatable bonds is 6. The molecule has 1 aliphatic heterocycles. The quantitative estimate of drug-likeness (QED) is 0.581. The predicted octanol–water partition coefficient (Wildman–Crippen LogP) is 3.65. The number of likely N-dealkylation sites (tertiary alicyclic amines) is 1. The second kappa shape index (κ2) is 9.39. The zero-order valence-corrected chi connectivity index (χ0v) is 15.5. The third-order valence-corrected chi connectivity index (χ3v) is 5.69. The number of nitrogens with zero attached hydrogens (tertiary/aromatic N) is 2. The van der Waals surface area contributed by atoms with Crippen molar-refractivity contribution in [3.8, 4) is 0 Å². The van der Waals surface area contributed by atoms with Crippen molar-refractivity contribution < 1.29 is 14.3 Å². The highest BCUT2D eigenvalue weighted by molar-refractivity contribution is 5.87. The van der Waals surface area contributed by atoms with Gasteiger partial charge in [-0.3, -0.25) is 0 Å². The zero-order valence-electron chi connectivity index (χ0n) is 15.5. The molecule has 1 saturated heterocycles. The van der Waals surface area contributed by atoms with Crippen LogP contribution in [0.25, 0.3) is 0 Å². The summed E-state index contributed by atoms with van der Waals surface area (Å²) < 4.78 is 13.1. The molecule has 0 amide bonds. The zero-order chi connectivity index (χ0) is 17.5. The number of carbonyl (C=O) groups excluding carboxylic acids is 1. The van der Waals surface area contributed by atoms with E-state index < -0.39 is 0 Å². The number of carbonyl (C=O) groups is 1. The number of hydrogen-bond donors (Lipinski definition) is 0. The molecule has 25 heavy (non-hydrogen) atoms. The van der Waals surface area contributed by atoms with Crippen LogP contribution in [0.15, 0.2) is 18.3 Å². The molecule has 140 valence electrons. The van der Waals surface area contributed by atoms with Gasteiger partial charge in [0.2, 0.25) is 0 Å². The van der Waals surface area contributed by atoms with E-state index in [4.69, 9.17) is 9.47 Å². The molecule has 0 spiro atoms. The fourth-order valence-corrected chi connectivity index (χ4v) is 4.17. The number of hydrogen-bond acceptors (Lipinski definition) is 4. The summed E-state index contributed by atoms with van der Waals surface area (Å²) >= 11 is 0. The van der Waals surface area contributed by atoms with E-state index in [-0.39, 0.29) is 5.97 Å². The third kappa shape index (κ3) is 5.08. The standard InChI is InChI=1S/C20H32N2O3/c1-24-20(23)19-9-6-12-22(19)17-10-13-21(14-11-17)15-16-25-18-7-4-2-3-5-8-18/h6,9,12,17-18H,2-5,7-8,10-11,13-16H2,1H3. The Labute approximate surface area is 151 Å². The van der Waals surface area contributed by atoms with Crippen molar-refractivity contribution in [1.82, 2.24) is 9.47 Å². The molecule has 3 rings (SSSR count). The first kappa shape index (κ1) is 18.5. The number of methoxy groups -OCH3 is 1. The molecule has 0 N–H and O–H groups in total. The first-order valence-electron chi connectivity index (χ1n) is 9.87. The van der Waals surface area contributed by atoms with Crippen molar-refractivity contribution in [1.29, 1.82) is 0 Å². The molecule has 0 atom stereocenters. The van der Waals surface area contributed by atoms with E-state index in [0.29, 0.717) is 17.8 Å². The van der Waals surface area contributed by atoms with Crippen LogP contribution in [0.1, 0.15) is 67.9 Å². The maximum atomic E-state index is 11.8. The fraction of sp³-hybridized carbons (Fsp3) is 0.750. The molecule has 1 aliphatic carbocycles. The van der Waals surface area contributed by atoms with Gasteiger partial charge in [0.25, 0.3) is 0 Å². The molecule has 0 aromatic carbocycles. The van der Waals surface area contributed by atoms with E-state index in [1.807, 2.05) is 18.3 Å². The van der Waals surface area contributed by atoms with Gasteiger partial charge in [-0.05, 0) is 37.8 Å². The number of aromatic nitrogens is 1. The molecule has 0 unspecified atom stereocenters. The van der Waals surface area contributed by atoms with Crippen molar-refractivity contribution >= 4 is 5.97 Å². The largest absolute Gasteiger partial charge is 0.464 e. The lowest BCUT2D eigenvalue weighted by Gasteiger charge is -2.33. The highest BCUT2D eigenvalue weighted by atomic mass is 16.5. The lowest BCUT2D eigenvalue weighted by atomic mass is 10.0. The number of esters is 1. The molecule has 0 bridgehead atoms. The van der Waals surface area contributed by atoms with Gasteiger partial charge in [-0.2, -0.15) is 0 Å². The Morgan fingerprint density at radius 3 is 2.52 bits per heavy atom. The Kier molecular flexibility index (Phi) is 6.93. The molecule has 5 nitrogen and oxygen atoms in total. The van der Waals surface area contributed by atoms with Crippen LogP contribution in [-0.4, -0.2) is 54.9 Å². The average molecular weight is 348 g/mol. The van der Waals surface area contributed by atoms with E-state index in [1.54, 1.807) is 0 Å². The molecule has 1 aromatic rings. The van der Waals surface area contributed by atoms with Gasteiger partial charge in [0.15, 0.2) is 0 Å². The van der Waals surface area contributed by atoms with Crippen LogP contribution < -0.4 is 0 Å². The fourth-order valence-electron chi connectivity index (χ4n) is 4.17. The van der Waals surface area contributed by atoms with Crippen LogP contribution in [0.5, 0.6) is 0 Å². The van der Waals surface area contributed by atoms with Crippen molar-refractivity contribution in [2.24, 2.45) is 0 Å². The topological polar surface area (TPSA) is 43.7 Å². The maximum Gasteiger partial charge on any atom is 0.354 e. The van der Waals surface area contributed by atoms with Crippen molar-refractivity contribution in [2.45, 2.75) is 63.5 Å². The smallest absolute Gasteiger partial charge is 0.354 e. The Balaban J connectivity index is 1.40. The lowest BCUT2D eigenvalue weighted by molar-refractivity contribution is 0.0238. The summed E-state index contributed by atoms with van der Waals surface area (Å²) in [6.07, 6.45) is 12.5. The molecule has 2 heterocycles. The maximum absolute atomic E-state index is 11.8. The Morgan fingerprint density at radius 2 is 1.84 bits per heavy atom. The average Bonchev–Trinajstić information content (AvgIpc) is 2.99. The minimum Gasteiger partial charge on any atom is -0.464 e. The summed E-state index contributed by atoms with van der Waals surface area (Å²) in [6, 6.07) is 4.17. The van der Waals surface area contributed by atoms with Gasteiger partial charge in [-0.1, -0.05) is 25.7 Å². The van der Waals surface area contributed by atoms with Gasteiger partial charge in [0.05, 0.1) is 19.8 Å². The second-order valence-electron chi connectivity index (χ2n) is 7.35. The highest BCUT2D eigenvalue weighted by Crippen LogP contribution is 2.25. The summed E-state index contributed by atoms with van der Waals surface area (Å²) in [5, 5.41) is 0. The van der Waals surface area contributed by atoms with Crippen molar-refractivity contribution in [2.75, 3.05) is 33.4 Å². The van der Waals surface area contributed by atoms with E-state index in [2.05, 4.69) is 9.47 Å². The van der Waals surface area contributed by atoms with Gasteiger partial charge in [0.1, 0.15) is 5.69 Å². The molecular weight excluding hydrogens is 316 g/mol. The molecule has 1 saturated carbocycles. The van der Waals surface area contributed by atoms with E-state index in [1.165, 1.54) is 45.6 Å². The number of ether oxygens (including phenoxy) is 2. The van der Waals surface area contributed by atoms with Gasteiger partial charge in [-0.25, -0.2) is 4.79 Å². The molecule has 0 radical (unpaired) electrons. The van der Waals surface area contributed by atoms with Crippen molar-refractivity contribution in [3.63, 3.8) is 0 Å². The monoisotopic (exact) mass is 348 g/mol. The number of piperidine rings is 1. The highest BCUT2D eigenvalue weighted by Gasteiger charge is 2.23. The summed E-state index contributed by atoms with van der Waals surface area (Å²) in [5.41, 5.74) is 0.664. The molecular formula is C20H32N2O3. The summed E-state index contributed by atoms with van der Waals surface area (Å²) in [7, 11) is 1.44. The molecule has 2 aliphatic rings. The van der Waals surface area contributed by atoms with Gasteiger partial charge >= 0.3 is 5.97 Å². The molecule has 1 aromatic heterocycles. The van der Waals surface area contributed by atoms with Crippen LogP contribution in [0.4, 0.5) is 0 Å². The second-order valence-corrected chi connectivity index (χ2v) is 7.35. The van der Waals surface area contributed by atoms with Crippen LogP contribution in [0, 0.1) is 0 Å². The van der Waals surface area contributed by atoms with Gasteiger partial charge in [0, 0.05) is 31.9 Å². The minimum absolute atomic E-state index is 0.246. The minimum atomic E-state index is -0.246. The van der Waals surface area contributed by atoms with Gasteiger partial charge in [-0.15, -0.1) is 0 Å². The predicted molar refractivity (Wildman–Crippen MR) is 97.9 cm³/mol. The first-order chi connectivity index (χ1) is 12.3. The Bertz CT molecular complexity index is 527. The molecule has 2 fully saturated rings. The van der Waals surface area contributed by atoms with Crippen LogP contribution in [0.3, 0.4) is 0 Å². The summed E-state index contributed by atoms with van der Waals surface area (Å²) in [6.45, 7) is 4.01. The van der Waals surface area contributed by atoms with Crippen molar-refractivity contribution in [3.05, 3.63) is 24.0 Å². The summed E-state index contributed by atoms with van der Waals surface area (Å²) in [5.74, 6) is -0.246. The lowest BCUT2D eigenvalue weighted by Crippen LogP contribution is -2.37. The SMILES string of the molecule is COC(=O)c1cccn1C1CCN(CCOC2CCCCCC2)CC1. The Morgan fingerprint density at radius 1 is 1.12 bits per heavy atom. The first-order valence-corrected chi connectivity index (χ1v) is 9.87. The van der Waals surface area contributed by atoms with E-state index in [9.17, 15) is 4.79 Å². The molecule has 5 heteroatoms.